The average molecular weight is 794 g/mol. The van der Waals surface area contributed by atoms with Crippen molar-refractivity contribution in [1.82, 2.24) is 5.32 Å². The molecule has 322 valence electrons. The third-order valence-electron chi connectivity index (χ3n) is 10.3. The van der Waals surface area contributed by atoms with Gasteiger partial charge in [0.15, 0.2) is 0 Å². The van der Waals surface area contributed by atoms with Crippen molar-refractivity contribution in [2.75, 3.05) is 5.75 Å². The molecule has 55 heavy (non-hydrogen) atoms. The fourth-order valence-electron chi connectivity index (χ4n) is 6.80. The van der Waals surface area contributed by atoms with Gasteiger partial charge in [0.25, 0.3) is 10.1 Å². The van der Waals surface area contributed by atoms with Gasteiger partial charge in [0.1, 0.15) is 6.10 Å². The molecule has 0 radical (unpaired) electrons. The molecule has 0 saturated carbocycles. The van der Waals surface area contributed by atoms with Crippen LogP contribution < -0.4 is 5.32 Å². The summed E-state index contributed by atoms with van der Waals surface area (Å²) >= 11 is 0. The molecule has 3 atom stereocenters. The van der Waals surface area contributed by atoms with Gasteiger partial charge in [-0.05, 0) is 64.2 Å². The summed E-state index contributed by atoms with van der Waals surface area (Å²) in [5, 5.41) is 23.4. The molecule has 0 saturated heterocycles. The van der Waals surface area contributed by atoms with Gasteiger partial charge in [0, 0.05) is 0 Å². The topological polar surface area (TPSA) is 124 Å². The molecule has 0 aromatic carbocycles. The summed E-state index contributed by atoms with van der Waals surface area (Å²) in [6.07, 6.45) is 51.7. The van der Waals surface area contributed by atoms with Crippen LogP contribution in [0.2, 0.25) is 0 Å². The quantitative estimate of drug-likeness (QED) is 0.0278. The van der Waals surface area contributed by atoms with E-state index in [1.807, 2.05) is 0 Å². The molecule has 7 nitrogen and oxygen atoms in total. The minimum atomic E-state index is -4.46. The van der Waals surface area contributed by atoms with Crippen molar-refractivity contribution in [2.45, 2.75) is 238 Å². The Hall–Kier alpha value is -1.74. The summed E-state index contributed by atoms with van der Waals surface area (Å²) in [6.45, 7) is 4.52. The van der Waals surface area contributed by atoms with Crippen molar-refractivity contribution in [1.29, 1.82) is 0 Å². The monoisotopic (exact) mass is 794 g/mol. The lowest BCUT2D eigenvalue weighted by molar-refractivity contribution is -0.130. The Kier molecular flexibility index (Phi) is 39.2. The highest BCUT2D eigenvalue weighted by molar-refractivity contribution is 7.85. The molecule has 0 rings (SSSR count). The molecule has 3 unspecified atom stereocenters. The van der Waals surface area contributed by atoms with Gasteiger partial charge in [-0.25, -0.2) is 0 Å². The van der Waals surface area contributed by atoms with E-state index in [1.165, 1.54) is 134 Å². The Morgan fingerprint density at radius 1 is 0.509 bits per heavy atom. The number of aliphatic hydroxyl groups excluding tert-OH is 2. The number of carbonyl (C=O) groups excluding carboxylic acids is 1. The van der Waals surface area contributed by atoms with Gasteiger partial charge in [0.05, 0.1) is 17.9 Å². The van der Waals surface area contributed by atoms with E-state index >= 15 is 0 Å². The molecular weight excluding hydrogens is 707 g/mol. The van der Waals surface area contributed by atoms with E-state index in [2.05, 4.69) is 55.6 Å². The zero-order chi connectivity index (χ0) is 40.5. The van der Waals surface area contributed by atoms with Crippen LogP contribution in [0.15, 0.2) is 48.6 Å². The fourth-order valence-corrected chi connectivity index (χ4v) is 7.53. The van der Waals surface area contributed by atoms with Crippen LogP contribution in [-0.2, 0) is 14.9 Å². The number of amides is 1. The standard InChI is InChI=1S/C47H87NO6S/c1-3-5-7-9-11-13-15-17-19-21-22-23-24-25-26-28-30-32-34-36-38-40-42-46(50)47(51)48-44(43-55(52,53)54)45(49)41-39-37-35-33-31-29-27-20-18-16-14-12-10-8-6-4-2/h22-23,25-26,31,33,39,41,44-46,49-50H,3-21,24,27-30,32,34-38,40,42-43H2,1-2H3,(H,48,51)(H,52,53,54)/b23-22-,26-25-,33-31+,41-39+. The summed E-state index contributed by atoms with van der Waals surface area (Å²) in [6, 6.07) is -1.25. The first kappa shape index (κ1) is 53.3. The molecule has 4 N–H and O–H groups in total. The van der Waals surface area contributed by atoms with Gasteiger partial charge in [-0.3, -0.25) is 9.35 Å². The zero-order valence-corrected chi connectivity index (χ0v) is 36.5. The predicted molar refractivity (Wildman–Crippen MR) is 236 cm³/mol. The molecule has 0 aromatic rings. The first-order chi connectivity index (χ1) is 26.7. The van der Waals surface area contributed by atoms with Gasteiger partial charge in [-0.15, -0.1) is 0 Å². The summed E-state index contributed by atoms with van der Waals surface area (Å²) in [4.78, 5) is 12.6. The molecule has 0 bridgehead atoms. The number of rotatable bonds is 41. The number of carbonyl (C=O) groups is 1. The number of hydrogen-bond acceptors (Lipinski definition) is 5. The molecule has 8 heteroatoms. The highest BCUT2D eigenvalue weighted by Crippen LogP contribution is 2.14. The molecule has 0 aromatic heterocycles. The molecule has 1 amide bonds. The van der Waals surface area contributed by atoms with Crippen molar-refractivity contribution in [3.05, 3.63) is 48.6 Å². The minimum Gasteiger partial charge on any atom is -0.387 e. The SMILES string of the molecule is CCCCCCCCCCC/C=C\C/C=C\CCCCCCCCC(O)C(=O)NC(CS(=O)(=O)O)C(O)/C=C/CC/C=C/CCCCCCCCCCCC. The lowest BCUT2D eigenvalue weighted by Gasteiger charge is -2.22. The van der Waals surface area contributed by atoms with Gasteiger partial charge >= 0.3 is 0 Å². The van der Waals surface area contributed by atoms with Crippen LogP contribution in [0.3, 0.4) is 0 Å². The predicted octanol–water partition coefficient (Wildman–Crippen LogP) is 12.8. The maximum Gasteiger partial charge on any atom is 0.267 e. The molecule has 0 spiro atoms. The largest absolute Gasteiger partial charge is 0.387 e. The molecule has 0 aliphatic heterocycles. The van der Waals surface area contributed by atoms with Crippen LogP contribution in [0.1, 0.15) is 219 Å². The second-order valence-electron chi connectivity index (χ2n) is 15.8. The normalized spacial score (nSPS) is 14.2. The highest BCUT2D eigenvalue weighted by Gasteiger charge is 2.27. The zero-order valence-electron chi connectivity index (χ0n) is 35.7. The van der Waals surface area contributed by atoms with E-state index in [0.717, 1.165) is 57.8 Å². The van der Waals surface area contributed by atoms with Crippen molar-refractivity contribution in [3.63, 3.8) is 0 Å². The number of allylic oxidation sites excluding steroid dienone is 7. The van der Waals surface area contributed by atoms with E-state index in [4.69, 9.17) is 0 Å². The fraction of sp³-hybridized carbons (Fsp3) is 0.809. The lowest BCUT2D eigenvalue weighted by Crippen LogP contribution is -2.50. The summed E-state index contributed by atoms with van der Waals surface area (Å²) < 4.78 is 32.6. The van der Waals surface area contributed by atoms with Crippen molar-refractivity contribution < 1.29 is 28.0 Å². The van der Waals surface area contributed by atoms with E-state index < -0.39 is 40.0 Å². The Bertz CT molecular complexity index is 1070. The molecule has 0 fully saturated rings. The van der Waals surface area contributed by atoms with Crippen LogP contribution in [0.4, 0.5) is 0 Å². The van der Waals surface area contributed by atoms with E-state index in [1.54, 1.807) is 6.08 Å². The first-order valence-corrected chi connectivity index (χ1v) is 24.6. The minimum absolute atomic E-state index is 0.261. The Labute approximate surface area is 340 Å². The van der Waals surface area contributed by atoms with Crippen molar-refractivity contribution in [2.24, 2.45) is 0 Å². The van der Waals surface area contributed by atoms with Crippen LogP contribution in [0, 0.1) is 0 Å². The summed E-state index contributed by atoms with van der Waals surface area (Å²) in [5.41, 5.74) is 0. The second-order valence-corrected chi connectivity index (χ2v) is 17.3. The lowest BCUT2D eigenvalue weighted by atomic mass is 10.0. The number of nitrogens with one attached hydrogen (secondary N) is 1. The Morgan fingerprint density at radius 2 is 0.873 bits per heavy atom. The summed E-state index contributed by atoms with van der Waals surface area (Å²) in [5.74, 6) is -1.57. The molecule has 0 heterocycles. The van der Waals surface area contributed by atoms with Crippen LogP contribution in [0.5, 0.6) is 0 Å². The van der Waals surface area contributed by atoms with E-state index in [-0.39, 0.29) is 6.42 Å². The highest BCUT2D eigenvalue weighted by atomic mass is 32.2. The van der Waals surface area contributed by atoms with Crippen molar-refractivity contribution >= 4 is 16.0 Å². The van der Waals surface area contributed by atoms with Crippen LogP contribution >= 0.6 is 0 Å². The van der Waals surface area contributed by atoms with Crippen molar-refractivity contribution in [3.8, 4) is 0 Å². The third kappa shape index (κ3) is 40.3. The maximum absolute atomic E-state index is 12.6. The average Bonchev–Trinajstić information content (AvgIpc) is 3.15. The van der Waals surface area contributed by atoms with Crippen LogP contribution in [-0.4, -0.2) is 53.1 Å². The summed E-state index contributed by atoms with van der Waals surface area (Å²) in [7, 11) is -4.46. The second kappa shape index (κ2) is 40.5. The number of hydrogen-bond donors (Lipinski definition) is 4. The third-order valence-corrected chi connectivity index (χ3v) is 11.1. The Morgan fingerprint density at radius 3 is 1.31 bits per heavy atom. The molecular formula is C47H87NO6S. The van der Waals surface area contributed by atoms with Crippen LogP contribution in [0.25, 0.3) is 0 Å². The van der Waals surface area contributed by atoms with Gasteiger partial charge in [-0.2, -0.15) is 8.42 Å². The smallest absolute Gasteiger partial charge is 0.267 e. The number of unbranched alkanes of at least 4 members (excludes halogenated alkanes) is 26. The van der Waals surface area contributed by atoms with Gasteiger partial charge in [0.2, 0.25) is 5.91 Å². The molecule has 0 aliphatic rings. The maximum atomic E-state index is 12.6. The Balaban J connectivity index is 4.02. The van der Waals surface area contributed by atoms with Gasteiger partial charge < -0.3 is 15.5 Å². The number of aliphatic hydroxyl groups is 2. The molecule has 0 aliphatic carbocycles. The van der Waals surface area contributed by atoms with Gasteiger partial charge in [-0.1, -0.05) is 204 Å². The first-order valence-electron chi connectivity index (χ1n) is 22.9. The van der Waals surface area contributed by atoms with E-state index in [0.29, 0.717) is 12.8 Å². The van der Waals surface area contributed by atoms with E-state index in [9.17, 15) is 28.0 Å².